The number of hydrogen-bond acceptors (Lipinski definition) is 2. The van der Waals surface area contributed by atoms with Crippen LogP contribution in [0.15, 0.2) is 24.3 Å². The van der Waals surface area contributed by atoms with Gasteiger partial charge in [-0.2, -0.15) is 5.26 Å². The van der Waals surface area contributed by atoms with E-state index in [0.717, 1.165) is 5.56 Å². The maximum absolute atomic E-state index is 12.7. The summed E-state index contributed by atoms with van der Waals surface area (Å²) in [6.07, 6.45) is 0.313. The summed E-state index contributed by atoms with van der Waals surface area (Å²) in [6, 6.07) is 7.78. The van der Waals surface area contributed by atoms with Crippen LogP contribution in [-0.2, 0) is 11.2 Å². The Labute approximate surface area is 94.1 Å². The highest BCUT2D eigenvalue weighted by Gasteiger charge is 2.19. The van der Waals surface area contributed by atoms with Crippen molar-refractivity contribution >= 4 is 5.91 Å². The lowest BCUT2D eigenvalue weighted by Crippen LogP contribution is -2.30. The Hall–Kier alpha value is -1.89. The van der Waals surface area contributed by atoms with Gasteiger partial charge in [0, 0.05) is 14.1 Å². The molecule has 4 heteroatoms. The fraction of sp³-hybridized carbons (Fsp3) is 0.333. The molecule has 0 saturated heterocycles. The zero-order valence-corrected chi connectivity index (χ0v) is 9.27. The van der Waals surface area contributed by atoms with Crippen LogP contribution in [0.4, 0.5) is 4.39 Å². The normalized spacial score (nSPS) is 11.6. The first kappa shape index (κ1) is 12.2. The molecule has 1 aromatic rings. The third kappa shape index (κ3) is 3.06. The molecule has 0 N–H and O–H groups in total. The zero-order valence-electron chi connectivity index (χ0n) is 9.27. The van der Waals surface area contributed by atoms with Crippen LogP contribution in [0, 0.1) is 23.1 Å². The number of carbonyl (C=O) groups is 1. The lowest BCUT2D eigenvalue weighted by molar-refractivity contribution is -0.131. The molecule has 0 fully saturated rings. The number of nitrogens with zero attached hydrogens (tertiary/aromatic N) is 2. The Kier molecular flexibility index (Phi) is 4.01. The molecule has 0 aromatic heterocycles. The molecule has 0 spiro atoms. The lowest BCUT2D eigenvalue weighted by atomic mass is 9.99. The molecule has 1 aromatic carbocycles. The van der Waals surface area contributed by atoms with Crippen LogP contribution in [0.1, 0.15) is 5.56 Å². The van der Waals surface area contributed by atoms with E-state index in [1.54, 1.807) is 26.2 Å². The molecule has 0 radical (unpaired) electrons. The first-order chi connectivity index (χ1) is 7.54. The van der Waals surface area contributed by atoms with Crippen molar-refractivity contribution in [3.63, 3.8) is 0 Å². The average Bonchev–Trinajstić information content (AvgIpc) is 2.27. The van der Waals surface area contributed by atoms with Crippen molar-refractivity contribution in [1.82, 2.24) is 4.90 Å². The van der Waals surface area contributed by atoms with Crippen LogP contribution in [0.2, 0.25) is 0 Å². The van der Waals surface area contributed by atoms with Crippen LogP contribution in [0.5, 0.6) is 0 Å². The SMILES string of the molecule is CN(C)C(=O)C(C#N)Cc1ccc(F)cc1. The van der Waals surface area contributed by atoms with Crippen molar-refractivity contribution in [1.29, 1.82) is 5.26 Å². The van der Waals surface area contributed by atoms with Gasteiger partial charge in [0.25, 0.3) is 0 Å². The number of nitriles is 1. The summed E-state index contributed by atoms with van der Waals surface area (Å²) in [4.78, 5) is 13.0. The van der Waals surface area contributed by atoms with Crippen molar-refractivity contribution in [2.24, 2.45) is 5.92 Å². The largest absolute Gasteiger partial charge is 0.348 e. The van der Waals surface area contributed by atoms with Gasteiger partial charge in [0.2, 0.25) is 5.91 Å². The second-order valence-electron chi connectivity index (χ2n) is 3.74. The zero-order chi connectivity index (χ0) is 12.1. The molecule has 0 heterocycles. The third-order valence-electron chi connectivity index (χ3n) is 2.25. The quantitative estimate of drug-likeness (QED) is 0.776. The maximum Gasteiger partial charge on any atom is 0.239 e. The number of carbonyl (C=O) groups excluding carboxylic acids is 1. The minimum atomic E-state index is -0.708. The van der Waals surface area contributed by atoms with Gasteiger partial charge in [0.05, 0.1) is 6.07 Å². The van der Waals surface area contributed by atoms with Crippen molar-refractivity contribution in [2.75, 3.05) is 14.1 Å². The Morgan fingerprint density at radius 1 is 1.44 bits per heavy atom. The van der Waals surface area contributed by atoms with Gasteiger partial charge in [0.1, 0.15) is 11.7 Å². The molecule has 84 valence electrons. The summed E-state index contributed by atoms with van der Waals surface area (Å²) in [5.41, 5.74) is 0.781. The van der Waals surface area contributed by atoms with E-state index >= 15 is 0 Å². The molecule has 0 aliphatic carbocycles. The standard InChI is InChI=1S/C12H13FN2O/c1-15(2)12(16)10(8-14)7-9-3-5-11(13)6-4-9/h3-6,10H,7H2,1-2H3. The van der Waals surface area contributed by atoms with Gasteiger partial charge in [-0.15, -0.1) is 0 Å². The van der Waals surface area contributed by atoms with Gasteiger partial charge >= 0.3 is 0 Å². The van der Waals surface area contributed by atoms with Crippen LogP contribution in [0.25, 0.3) is 0 Å². The predicted octanol–water partition coefficient (Wildman–Crippen LogP) is 1.60. The first-order valence-electron chi connectivity index (χ1n) is 4.90. The van der Waals surface area contributed by atoms with E-state index in [-0.39, 0.29) is 11.7 Å². The van der Waals surface area contributed by atoms with E-state index in [1.165, 1.54) is 17.0 Å². The van der Waals surface area contributed by atoms with E-state index in [0.29, 0.717) is 6.42 Å². The number of rotatable bonds is 3. The second-order valence-corrected chi connectivity index (χ2v) is 3.74. The molecule has 3 nitrogen and oxygen atoms in total. The highest BCUT2D eigenvalue weighted by Crippen LogP contribution is 2.11. The number of hydrogen-bond donors (Lipinski definition) is 0. The summed E-state index contributed by atoms with van der Waals surface area (Å²) >= 11 is 0. The molecule has 0 aliphatic rings. The smallest absolute Gasteiger partial charge is 0.239 e. The van der Waals surface area contributed by atoms with Crippen LogP contribution >= 0.6 is 0 Å². The van der Waals surface area contributed by atoms with Gasteiger partial charge in [-0.3, -0.25) is 4.79 Å². The molecule has 1 rings (SSSR count). The molecule has 0 aliphatic heterocycles. The van der Waals surface area contributed by atoms with Gasteiger partial charge in [-0.25, -0.2) is 4.39 Å². The van der Waals surface area contributed by atoms with E-state index in [9.17, 15) is 9.18 Å². The van der Waals surface area contributed by atoms with Gasteiger partial charge in [0.15, 0.2) is 0 Å². The third-order valence-corrected chi connectivity index (χ3v) is 2.25. The van der Waals surface area contributed by atoms with Gasteiger partial charge in [-0.1, -0.05) is 12.1 Å². The van der Waals surface area contributed by atoms with Crippen molar-refractivity contribution in [2.45, 2.75) is 6.42 Å². The molecule has 16 heavy (non-hydrogen) atoms. The molecule has 0 saturated carbocycles. The van der Waals surface area contributed by atoms with Crippen molar-refractivity contribution < 1.29 is 9.18 Å². The van der Waals surface area contributed by atoms with E-state index in [1.807, 2.05) is 6.07 Å². The highest BCUT2D eigenvalue weighted by atomic mass is 19.1. The van der Waals surface area contributed by atoms with Crippen LogP contribution < -0.4 is 0 Å². The van der Waals surface area contributed by atoms with Gasteiger partial charge < -0.3 is 4.90 Å². The maximum atomic E-state index is 12.7. The predicted molar refractivity (Wildman–Crippen MR) is 57.9 cm³/mol. The minimum absolute atomic E-state index is 0.230. The van der Waals surface area contributed by atoms with E-state index < -0.39 is 5.92 Å². The topological polar surface area (TPSA) is 44.1 Å². The fourth-order valence-electron chi connectivity index (χ4n) is 1.36. The molecule has 1 amide bonds. The molecule has 1 atom stereocenters. The average molecular weight is 220 g/mol. The van der Waals surface area contributed by atoms with E-state index in [2.05, 4.69) is 0 Å². The highest BCUT2D eigenvalue weighted by molar-refractivity contribution is 5.81. The van der Waals surface area contributed by atoms with Crippen LogP contribution in [0.3, 0.4) is 0 Å². The summed E-state index contributed by atoms with van der Waals surface area (Å²) in [7, 11) is 3.22. The number of amides is 1. The molecular weight excluding hydrogens is 207 g/mol. The summed E-state index contributed by atoms with van der Waals surface area (Å²) in [5, 5.41) is 8.89. The molecule has 0 bridgehead atoms. The van der Waals surface area contributed by atoms with Gasteiger partial charge in [-0.05, 0) is 24.1 Å². The Morgan fingerprint density at radius 3 is 2.44 bits per heavy atom. The first-order valence-corrected chi connectivity index (χ1v) is 4.90. The minimum Gasteiger partial charge on any atom is -0.348 e. The van der Waals surface area contributed by atoms with E-state index in [4.69, 9.17) is 5.26 Å². The van der Waals surface area contributed by atoms with Crippen LogP contribution in [-0.4, -0.2) is 24.9 Å². The second kappa shape index (κ2) is 5.26. The Bertz CT molecular complexity index is 406. The Morgan fingerprint density at radius 2 is 2.00 bits per heavy atom. The monoisotopic (exact) mass is 220 g/mol. The molecule has 1 unspecified atom stereocenters. The van der Waals surface area contributed by atoms with Crippen molar-refractivity contribution in [3.05, 3.63) is 35.6 Å². The number of benzene rings is 1. The summed E-state index contributed by atoms with van der Waals surface area (Å²) in [5.74, 6) is -1.26. The summed E-state index contributed by atoms with van der Waals surface area (Å²) in [6.45, 7) is 0. The molecular formula is C12H13FN2O. The number of halogens is 1. The summed E-state index contributed by atoms with van der Waals surface area (Å²) < 4.78 is 12.7. The Balaban J connectivity index is 2.75. The van der Waals surface area contributed by atoms with Crippen molar-refractivity contribution in [3.8, 4) is 6.07 Å². The lowest BCUT2D eigenvalue weighted by Gasteiger charge is -2.14. The fourth-order valence-corrected chi connectivity index (χ4v) is 1.36.